The summed E-state index contributed by atoms with van der Waals surface area (Å²) in [7, 11) is -2.76. The molecule has 0 spiro atoms. The lowest BCUT2D eigenvalue weighted by Crippen LogP contribution is -2.51. The molecule has 0 radical (unpaired) electrons. The first-order valence-electron chi connectivity index (χ1n) is 12.8. The summed E-state index contributed by atoms with van der Waals surface area (Å²) in [5.74, 6) is -0.956. The van der Waals surface area contributed by atoms with Gasteiger partial charge >= 0.3 is 0 Å². The van der Waals surface area contributed by atoms with E-state index in [0.717, 1.165) is 17.1 Å². The van der Waals surface area contributed by atoms with Crippen molar-refractivity contribution in [2.24, 2.45) is 0 Å². The van der Waals surface area contributed by atoms with Crippen molar-refractivity contribution in [1.29, 1.82) is 0 Å². The van der Waals surface area contributed by atoms with Gasteiger partial charge in [-0.15, -0.1) is 0 Å². The number of halogens is 2. The maximum Gasteiger partial charge on any atom is 0.264 e. The Bertz CT molecular complexity index is 1380. The summed E-state index contributed by atoms with van der Waals surface area (Å²) in [5, 5.41) is 3.22. The Hall–Kier alpha value is -3.63. The Morgan fingerprint density at radius 2 is 1.62 bits per heavy atom. The zero-order valence-electron chi connectivity index (χ0n) is 22.6. The molecule has 0 saturated carbocycles. The molecule has 0 aromatic heterocycles. The fourth-order valence-corrected chi connectivity index (χ4v) is 5.46. The van der Waals surface area contributed by atoms with Crippen LogP contribution in [0.4, 0.5) is 10.1 Å². The molecule has 1 atom stereocenters. The van der Waals surface area contributed by atoms with Gasteiger partial charge < -0.3 is 15.0 Å². The number of unbranched alkanes of at least 4 members (excludes halogenated alkanes) is 1. The molecular formula is C29H33ClFN3O5S. The molecule has 3 rings (SSSR count). The Morgan fingerprint density at radius 3 is 2.20 bits per heavy atom. The quantitative estimate of drug-likeness (QED) is 0.283. The largest absolute Gasteiger partial charge is 0.497 e. The molecule has 0 aliphatic rings. The predicted molar refractivity (Wildman–Crippen MR) is 153 cm³/mol. The van der Waals surface area contributed by atoms with Gasteiger partial charge in [0.25, 0.3) is 10.0 Å². The molecule has 214 valence electrons. The summed E-state index contributed by atoms with van der Waals surface area (Å²) >= 11 is 6.04. The number of rotatable bonds is 13. The highest BCUT2D eigenvalue weighted by atomic mass is 35.5. The maximum atomic E-state index is 13.8. The minimum Gasteiger partial charge on any atom is -0.497 e. The summed E-state index contributed by atoms with van der Waals surface area (Å²) in [4.78, 5) is 28.0. The Labute approximate surface area is 239 Å². The number of amides is 2. The van der Waals surface area contributed by atoms with Crippen molar-refractivity contribution >= 4 is 39.1 Å². The van der Waals surface area contributed by atoms with Gasteiger partial charge in [0, 0.05) is 18.1 Å². The number of carbonyl (C=O) groups is 2. The number of sulfonamides is 1. The normalized spacial score (nSPS) is 11.9. The van der Waals surface area contributed by atoms with Gasteiger partial charge in [-0.25, -0.2) is 12.8 Å². The predicted octanol–water partition coefficient (Wildman–Crippen LogP) is 5.02. The van der Waals surface area contributed by atoms with Gasteiger partial charge in [-0.3, -0.25) is 13.9 Å². The van der Waals surface area contributed by atoms with Crippen LogP contribution in [0.15, 0.2) is 77.7 Å². The first-order chi connectivity index (χ1) is 19.1. The van der Waals surface area contributed by atoms with Gasteiger partial charge in [0.05, 0.1) is 17.7 Å². The molecule has 8 nitrogen and oxygen atoms in total. The molecule has 3 aromatic carbocycles. The van der Waals surface area contributed by atoms with Crippen molar-refractivity contribution in [2.75, 3.05) is 24.5 Å². The summed E-state index contributed by atoms with van der Waals surface area (Å²) in [6.07, 6.45) is 1.65. The molecule has 0 saturated heterocycles. The molecule has 0 aliphatic carbocycles. The van der Waals surface area contributed by atoms with E-state index in [1.807, 2.05) is 6.92 Å². The van der Waals surface area contributed by atoms with E-state index in [1.54, 1.807) is 6.92 Å². The van der Waals surface area contributed by atoms with E-state index in [1.165, 1.54) is 84.8 Å². The molecule has 0 unspecified atom stereocenters. The molecule has 3 aromatic rings. The van der Waals surface area contributed by atoms with Crippen LogP contribution >= 0.6 is 11.6 Å². The first kappa shape index (κ1) is 30.9. The zero-order chi connectivity index (χ0) is 29.3. The van der Waals surface area contributed by atoms with Gasteiger partial charge in [0.15, 0.2) is 0 Å². The van der Waals surface area contributed by atoms with Crippen LogP contribution in [-0.4, -0.2) is 51.4 Å². The second kappa shape index (κ2) is 14.1. The third-order valence-corrected chi connectivity index (χ3v) is 8.34. The fourth-order valence-electron chi connectivity index (χ4n) is 3.92. The van der Waals surface area contributed by atoms with Crippen molar-refractivity contribution in [3.8, 4) is 5.75 Å². The third-order valence-electron chi connectivity index (χ3n) is 6.30. The number of hydrogen-bond acceptors (Lipinski definition) is 5. The summed E-state index contributed by atoms with van der Waals surface area (Å²) in [6.45, 7) is 3.39. The molecule has 0 bridgehead atoms. The van der Waals surface area contributed by atoms with Crippen molar-refractivity contribution in [2.45, 2.75) is 44.2 Å². The van der Waals surface area contributed by atoms with E-state index in [-0.39, 0.29) is 23.0 Å². The lowest BCUT2D eigenvalue weighted by molar-refractivity contribution is -0.139. The highest BCUT2D eigenvalue weighted by Crippen LogP contribution is 2.27. The second-order valence-corrected chi connectivity index (χ2v) is 11.4. The number of benzene rings is 3. The number of hydrogen-bond donors (Lipinski definition) is 1. The molecule has 0 fully saturated rings. The minimum absolute atomic E-state index is 0.0292. The van der Waals surface area contributed by atoms with Gasteiger partial charge in [-0.1, -0.05) is 37.1 Å². The van der Waals surface area contributed by atoms with E-state index >= 15 is 0 Å². The lowest BCUT2D eigenvalue weighted by atomic mass is 10.1. The van der Waals surface area contributed by atoms with Crippen LogP contribution in [0.2, 0.25) is 5.02 Å². The van der Waals surface area contributed by atoms with Crippen LogP contribution in [0.3, 0.4) is 0 Å². The summed E-state index contributed by atoms with van der Waals surface area (Å²) in [6, 6.07) is 16.5. The average Bonchev–Trinajstić information content (AvgIpc) is 2.95. The minimum atomic E-state index is -4.23. The number of anilines is 1. The molecule has 2 amide bonds. The van der Waals surface area contributed by atoms with Crippen LogP contribution in [0, 0.1) is 5.82 Å². The van der Waals surface area contributed by atoms with Gasteiger partial charge in [-0.05, 0) is 79.6 Å². The van der Waals surface area contributed by atoms with Gasteiger partial charge in [0.2, 0.25) is 11.8 Å². The van der Waals surface area contributed by atoms with Gasteiger partial charge in [0.1, 0.15) is 24.2 Å². The van der Waals surface area contributed by atoms with E-state index in [9.17, 15) is 22.4 Å². The SMILES string of the molecule is CCCCNC(=O)[C@@H](C)N(Cc1ccc(F)cc1)C(=O)CN(c1ccc(Cl)cc1)S(=O)(=O)c1ccc(OC)cc1. The van der Waals surface area contributed by atoms with Gasteiger partial charge in [-0.2, -0.15) is 0 Å². The maximum absolute atomic E-state index is 13.8. The molecular weight excluding hydrogens is 557 g/mol. The topological polar surface area (TPSA) is 96.0 Å². The third kappa shape index (κ3) is 7.95. The van der Waals surface area contributed by atoms with Crippen LogP contribution in [-0.2, 0) is 26.2 Å². The standard InChI is InChI=1S/C29H33ClFN3O5S/c1-4-5-18-32-29(36)21(2)33(19-22-6-10-24(31)11-7-22)28(35)20-34(25-12-8-23(30)9-13-25)40(37,38)27-16-14-26(39-3)15-17-27/h6-17,21H,4-5,18-20H2,1-3H3,(H,32,36)/t21-/m1/s1. The average molecular weight is 590 g/mol. The van der Waals surface area contributed by atoms with Crippen LogP contribution < -0.4 is 14.4 Å². The van der Waals surface area contributed by atoms with Crippen LogP contribution in [0.5, 0.6) is 5.75 Å². The number of methoxy groups -OCH3 is 1. The van der Waals surface area contributed by atoms with Crippen molar-refractivity contribution < 1.29 is 27.1 Å². The smallest absolute Gasteiger partial charge is 0.264 e. The molecule has 40 heavy (non-hydrogen) atoms. The molecule has 0 heterocycles. The van der Waals surface area contributed by atoms with Crippen molar-refractivity contribution in [3.63, 3.8) is 0 Å². The highest BCUT2D eigenvalue weighted by molar-refractivity contribution is 7.92. The van der Waals surface area contributed by atoms with Crippen LogP contribution in [0.1, 0.15) is 32.3 Å². The van der Waals surface area contributed by atoms with Crippen molar-refractivity contribution in [3.05, 3.63) is 89.2 Å². The molecule has 1 N–H and O–H groups in total. The number of nitrogens with one attached hydrogen (secondary N) is 1. The first-order valence-corrected chi connectivity index (χ1v) is 14.6. The number of ether oxygens (including phenoxy) is 1. The summed E-state index contributed by atoms with van der Waals surface area (Å²) < 4.78 is 47.3. The lowest BCUT2D eigenvalue weighted by Gasteiger charge is -2.32. The number of carbonyl (C=O) groups excluding carboxylic acids is 2. The molecule has 0 aliphatic heterocycles. The Balaban J connectivity index is 1.99. The fraction of sp³-hybridized carbons (Fsp3) is 0.310. The van der Waals surface area contributed by atoms with E-state index < -0.39 is 34.3 Å². The monoisotopic (exact) mass is 589 g/mol. The van der Waals surface area contributed by atoms with Crippen molar-refractivity contribution in [1.82, 2.24) is 10.2 Å². The van der Waals surface area contributed by atoms with Crippen LogP contribution in [0.25, 0.3) is 0 Å². The van der Waals surface area contributed by atoms with E-state index in [4.69, 9.17) is 16.3 Å². The second-order valence-electron chi connectivity index (χ2n) is 9.13. The Kier molecular flexibility index (Phi) is 10.9. The number of nitrogens with zero attached hydrogens (tertiary/aromatic N) is 2. The van der Waals surface area contributed by atoms with E-state index in [0.29, 0.717) is 22.9 Å². The highest BCUT2D eigenvalue weighted by Gasteiger charge is 2.32. The summed E-state index contributed by atoms with van der Waals surface area (Å²) in [5.41, 5.74) is 0.800. The molecule has 11 heteroatoms. The Morgan fingerprint density at radius 1 is 1.00 bits per heavy atom. The zero-order valence-corrected chi connectivity index (χ0v) is 24.2. The van der Waals surface area contributed by atoms with E-state index in [2.05, 4.69) is 5.32 Å².